The van der Waals surface area contributed by atoms with E-state index < -0.39 is 6.10 Å². The van der Waals surface area contributed by atoms with Gasteiger partial charge in [-0.2, -0.15) is 0 Å². The smallest absolute Gasteiger partial charge is 0.306 e. The molecule has 0 radical (unpaired) electrons. The monoisotopic (exact) mass is 913 g/mol. The van der Waals surface area contributed by atoms with Crippen LogP contribution in [0.5, 0.6) is 0 Å². The maximum absolute atomic E-state index is 12.8. The number of allylic oxidation sites excluding steroid dienone is 6. The van der Waals surface area contributed by atoms with Crippen molar-refractivity contribution in [3.05, 3.63) is 36.5 Å². The standard InChI is InChI=1S/C59H108O6/c1-4-7-10-13-15-17-19-21-23-25-26-27-28-29-30-31-32-34-35-37-39-41-43-46-49-52-58(61)64-55-56(54-63-57(60)51-48-45-12-9-6-3)65-59(62)53-50-47-44-42-40-38-36-33-24-22-20-18-16-14-11-8-5-2/h8,11,16,18,22,24,56H,4-7,9-10,12-15,17,19-21,23,25-55H2,1-3H3/b11-8-,18-16-,24-22-. The van der Waals surface area contributed by atoms with Crippen molar-refractivity contribution >= 4 is 17.9 Å². The fourth-order valence-corrected chi connectivity index (χ4v) is 8.40. The Balaban J connectivity index is 4.02. The highest BCUT2D eigenvalue weighted by molar-refractivity contribution is 5.71. The molecule has 0 heterocycles. The lowest BCUT2D eigenvalue weighted by Gasteiger charge is -2.18. The first kappa shape index (κ1) is 62.6. The molecular weight excluding hydrogens is 805 g/mol. The maximum Gasteiger partial charge on any atom is 0.306 e. The molecule has 380 valence electrons. The van der Waals surface area contributed by atoms with E-state index in [1.165, 1.54) is 173 Å². The van der Waals surface area contributed by atoms with E-state index in [0.717, 1.165) is 89.9 Å². The molecule has 0 amide bonds. The summed E-state index contributed by atoms with van der Waals surface area (Å²) in [5, 5.41) is 0. The van der Waals surface area contributed by atoms with Crippen LogP contribution in [0.15, 0.2) is 36.5 Å². The summed E-state index contributed by atoms with van der Waals surface area (Å²) in [6.07, 6.45) is 64.8. The van der Waals surface area contributed by atoms with Crippen molar-refractivity contribution in [3.8, 4) is 0 Å². The third-order valence-corrected chi connectivity index (χ3v) is 12.7. The fraction of sp³-hybridized carbons (Fsp3) is 0.847. The first-order valence-electron chi connectivity index (χ1n) is 28.5. The number of unbranched alkanes of at least 4 members (excludes halogenated alkanes) is 35. The van der Waals surface area contributed by atoms with Crippen LogP contribution in [0, 0.1) is 0 Å². The number of hydrogen-bond donors (Lipinski definition) is 0. The molecule has 0 spiro atoms. The van der Waals surface area contributed by atoms with E-state index in [2.05, 4.69) is 57.2 Å². The van der Waals surface area contributed by atoms with Gasteiger partial charge in [0.1, 0.15) is 13.2 Å². The molecule has 0 aromatic rings. The van der Waals surface area contributed by atoms with Crippen LogP contribution < -0.4 is 0 Å². The maximum atomic E-state index is 12.8. The molecular formula is C59H108O6. The molecule has 0 fully saturated rings. The summed E-state index contributed by atoms with van der Waals surface area (Å²) in [7, 11) is 0. The van der Waals surface area contributed by atoms with Gasteiger partial charge in [0.05, 0.1) is 0 Å². The first-order valence-corrected chi connectivity index (χ1v) is 28.5. The Hall–Kier alpha value is -2.37. The minimum absolute atomic E-state index is 0.0731. The van der Waals surface area contributed by atoms with Crippen molar-refractivity contribution in [1.82, 2.24) is 0 Å². The largest absolute Gasteiger partial charge is 0.462 e. The molecule has 0 aliphatic heterocycles. The summed E-state index contributed by atoms with van der Waals surface area (Å²) in [5.41, 5.74) is 0. The molecule has 0 aliphatic rings. The highest BCUT2D eigenvalue weighted by Crippen LogP contribution is 2.17. The van der Waals surface area contributed by atoms with E-state index in [1.54, 1.807) is 0 Å². The summed E-state index contributed by atoms with van der Waals surface area (Å²) >= 11 is 0. The van der Waals surface area contributed by atoms with Crippen LogP contribution in [-0.2, 0) is 28.6 Å². The Labute approximate surface area is 404 Å². The zero-order valence-electron chi connectivity index (χ0n) is 43.5. The van der Waals surface area contributed by atoms with Crippen molar-refractivity contribution in [2.24, 2.45) is 0 Å². The minimum Gasteiger partial charge on any atom is -0.462 e. The van der Waals surface area contributed by atoms with Gasteiger partial charge in [-0.15, -0.1) is 0 Å². The van der Waals surface area contributed by atoms with E-state index in [9.17, 15) is 14.4 Å². The summed E-state index contributed by atoms with van der Waals surface area (Å²) in [4.78, 5) is 37.8. The molecule has 0 aromatic carbocycles. The zero-order valence-corrected chi connectivity index (χ0v) is 43.5. The highest BCUT2D eigenvalue weighted by atomic mass is 16.6. The number of hydrogen-bond acceptors (Lipinski definition) is 6. The molecule has 0 saturated carbocycles. The van der Waals surface area contributed by atoms with Gasteiger partial charge in [0.2, 0.25) is 0 Å². The van der Waals surface area contributed by atoms with Crippen LogP contribution in [-0.4, -0.2) is 37.2 Å². The van der Waals surface area contributed by atoms with Gasteiger partial charge in [0.25, 0.3) is 0 Å². The van der Waals surface area contributed by atoms with Gasteiger partial charge < -0.3 is 14.2 Å². The van der Waals surface area contributed by atoms with Gasteiger partial charge in [0.15, 0.2) is 6.10 Å². The number of ether oxygens (including phenoxy) is 3. The van der Waals surface area contributed by atoms with Crippen molar-refractivity contribution in [1.29, 1.82) is 0 Å². The highest BCUT2D eigenvalue weighted by Gasteiger charge is 2.19. The second-order valence-corrected chi connectivity index (χ2v) is 19.2. The molecule has 65 heavy (non-hydrogen) atoms. The van der Waals surface area contributed by atoms with Gasteiger partial charge in [-0.05, 0) is 51.4 Å². The Morgan fingerprint density at radius 2 is 0.600 bits per heavy atom. The van der Waals surface area contributed by atoms with Crippen LogP contribution in [0.2, 0.25) is 0 Å². The predicted octanol–water partition coefficient (Wildman–Crippen LogP) is 18.9. The van der Waals surface area contributed by atoms with Gasteiger partial charge in [0, 0.05) is 19.3 Å². The molecule has 0 rings (SSSR count). The van der Waals surface area contributed by atoms with E-state index in [-0.39, 0.29) is 31.1 Å². The molecule has 6 nitrogen and oxygen atoms in total. The SMILES string of the molecule is CC/C=C\C/C=C\C/C=C\CCCCCCCCCC(=O)OC(COC(=O)CCCCCCC)COC(=O)CCCCCCCCCCCCCCCCCCCCCCCCCCC. The van der Waals surface area contributed by atoms with E-state index in [4.69, 9.17) is 14.2 Å². The molecule has 1 atom stereocenters. The fourth-order valence-electron chi connectivity index (χ4n) is 8.40. The van der Waals surface area contributed by atoms with Gasteiger partial charge in [-0.3, -0.25) is 14.4 Å². The third kappa shape index (κ3) is 52.5. The third-order valence-electron chi connectivity index (χ3n) is 12.7. The van der Waals surface area contributed by atoms with E-state index in [1.807, 2.05) is 0 Å². The van der Waals surface area contributed by atoms with Gasteiger partial charge in [-0.1, -0.05) is 269 Å². The topological polar surface area (TPSA) is 78.9 Å². The Kier molecular flexibility index (Phi) is 52.3. The first-order chi connectivity index (χ1) is 32.0. The summed E-state index contributed by atoms with van der Waals surface area (Å²) in [5.74, 6) is -0.883. The minimum atomic E-state index is -0.771. The summed E-state index contributed by atoms with van der Waals surface area (Å²) in [6, 6.07) is 0. The number of rotatable bonds is 52. The van der Waals surface area contributed by atoms with Crippen LogP contribution >= 0.6 is 0 Å². The number of esters is 3. The van der Waals surface area contributed by atoms with Crippen molar-refractivity contribution in [2.75, 3.05) is 13.2 Å². The van der Waals surface area contributed by atoms with Gasteiger partial charge >= 0.3 is 17.9 Å². The second kappa shape index (κ2) is 54.2. The van der Waals surface area contributed by atoms with Gasteiger partial charge in [-0.25, -0.2) is 0 Å². The zero-order chi connectivity index (χ0) is 47.2. The second-order valence-electron chi connectivity index (χ2n) is 19.2. The van der Waals surface area contributed by atoms with Crippen LogP contribution in [0.25, 0.3) is 0 Å². The molecule has 0 bridgehead atoms. The molecule has 0 saturated heterocycles. The van der Waals surface area contributed by atoms with Crippen molar-refractivity contribution in [2.45, 2.75) is 309 Å². The Morgan fingerprint density at radius 3 is 0.938 bits per heavy atom. The van der Waals surface area contributed by atoms with Crippen LogP contribution in [0.3, 0.4) is 0 Å². The number of carbonyl (C=O) groups excluding carboxylic acids is 3. The summed E-state index contributed by atoms with van der Waals surface area (Å²) < 4.78 is 16.7. The Bertz CT molecular complexity index is 1090. The lowest BCUT2D eigenvalue weighted by atomic mass is 10.0. The normalized spacial score (nSPS) is 12.2. The van der Waals surface area contributed by atoms with E-state index in [0.29, 0.717) is 19.3 Å². The summed E-state index contributed by atoms with van der Waals surface area (Å²) in [6.45, 7) is 6.48. The average molecular weight is 914 g/mol. The van der Waals surface area contributed by atoms with Crippen molar-refractivity contribution < 1.29 is 28.6 Å². The van der Waals surface area contributed by atoms with Crippen LogP contribution in [0.4, 0.5) is 0 Å². The molecule has 6 heteroatoms. The van der Waals surface area contributed by atoms with Crippen LogP contribution in [0.1, 0.15) is 303 Å². The Morgan fingerprint density at radius 1 is 0.323 bits per heavy atom. The lowest BCUT2D eigenvalue weighted by Crippen LogP contribution is -2.30. The van der Waals surface area contributed by atoms with E-state index >= 15 is 0 Å². The quantitative estimate of drug-likeness (QED) is 0.0262. The predicted molar refractivity (Wildman–Crippen MR) is 279 cm³/mol. The molecule has 0 aliphatic carbocycles. The average Bonchev–Trinajstić information content (AvgIpc) is 3.30. The molecule has 0 aromatic heterocycles. The molecule has 0 N–H and O–H groups in total. The van der Waals surface area contributed by atoms with Crippen molar-refractivity contribution in [3.63, 3.8) is 0 Å². The lowest BCUT2D eigenvalue weighted by molar-refractivity contribution is -0.167. The molecule has 1 unspecified atom stereocenters. The number of carbonyl (C=O) groups is 3.